The van der Waals surface area contributed by atoms with Gasteiger partial charge in [-0.25, -0.2) is 19.3 Å². The molecule has 0 bridgehead atoms. The summed E-state index contributed by atoms with van der Waals surface area (Å²) in [5, 5.41) is 6.53. The standard InChI is InChI=1S/C27H27FN6O3/c28-20-4-3-16(15-34-10-6-22(35)17-2-1-7-31-27(17)34)12-18(20)25(36)24-19-13-29-8-5-21(19)32-26(33-24)23-14-30-9-11-37-23/h1-4,7,12,23,29-30H,5-6,8-11,13-15H2. The predicted molar refractivity (Wildman–Crippen MR) is 133 cm³/mol. The number of aromatic nitrogens is 3. The monoisotopic (exact) mass is 502 g/mol. The zero-order valence-corrected chi connectivity index (χ0v) is 20.3. The van der Waals surface area contributed by atoms with Crippen LogP contribution in [-0.4, -0.2) is 59.3 Å². The molecule has 2 aromatic heterocycles. The second-order valence-corrected chi connectivity index (χ2v) is 9.46. The second kappa shape index (κ2) is 10.0. The summed E-state index contributed by atoms with van der Waals surface area (Å²) in [6.45, 7) is 3.95. The van der Waals surface area contributed by atoms with Gasteiger partial charge >= 0.3 is 0 Å². The van der Waals surface area contributed by atoms with Gasteiger partial charge in [-0.1, -0.05) is 6.07 Å². The molecule has 37 heavy (non-hydrogen) atoms. The highest BCUT2D eigenvalue weighted by Gasteiger charge is 2.29. The Hall–Kier alpha value is -3.60. The highest BCUT2D eigenvalue weighted by atomic mass is 19.1. The molecule has 3 aromatic rings. The lowest BCUT2D eigenvalue weighted by Gasteiger charge is -2.29. The lowest BCUT2D eigenvalue weighted by Crippen LogP contribution is -2.36. The Labute approximate surface area is 213 Å². The number of ketones is 2. The van der Waals surface area contributed by atoms with Crippen LogP contribution in [-0.2, 0) is 24.2 Å². The first-order valence-electron chi connectivity index (χ1n) is 12.6. The van der Waals surface area contributed by atoms with Crippen molar-refractivity contribution >= 4 is 17.4 Å². The molecule has 1 atom stereocenters. The number of nitrogens with one attached hydrogen (secondary N) is 2. The second-order valence-electron chi connectivity index (χ2n) is 9.46. The Kier molecular flexibility index (Phi) is 6.45. The minimum absolute atomic E-state index is 0.0352. The minimum Gasteiger partial charge on any atom is -0.368 e. The van der Waals surface area contributed by atoms with Gasteiger partial charge in [-0.3, -0.25) is 9.59 Å². The van der Waals surface area contributed by atoms with E-state index in [0.717, 1.165) is 24.3 Å². The van der Waals surface area contributed by atoms with Crippen LogP contribution in [0.4, 0.5) is 10.2 Å². The van der Waals surface area contributed by atoms with Gasteiger partial charge in [0, 0.05) is 63.9 Å². The van der Waals surface area contributed by atoms with Gasteiger partial charge in [0.2, 0.25) is 5.78 Å². The normalized spacial score (nSPS) is 19.3. The molecule has 3 aliphatic heterocycles. The van der Waals surface area contributed by atoms with Gasteiger partial charge in [-0.15, -0.1) is 0 Å². The number of carbonyl (C=O) groups is 2. The molecule has 9 nitrogen and oxygen atoms in total. The number of anilines is 1. The smallest absolute Gasteiger partial charge is 0.214 e. The molecule has 0 amide bonds. The molecular weight excluding hydrogens is 475 g/mol. The molecule has 1 unspecified atom stereocenters. The van der Waals surface area contributed by atoms with Crippen LogP contribution in [0.15, 0.2) is 36.5 Å². The van der Waals surface area contributed by atoms with E-state index in [-0.39, 0.29) is 23.1 Å². The first-order chi connectivity index (χ1) is 18.1. The molecule has 2 N–H and O–H groups in total. The molecule has 0 aliphatic carbocycles. The summed E-state index contributed by atoms with van der Waals surface area (Å²) in [4.78, 5) is 41.8. The number of pyridine rings is 1. The van der Waals surface area contributed by atoms with Crippen LogP contribution in [0.25, 0.3) is 0 Å². The maximum absolute atomic E-state index is 15.1. The topological polar surface area (TPSA) is 109 Å². The average Bonchev–Trinajstić information content (AvgIpc) is 2.95. The number of carbonyl (C=O) groups excluding carboxylic acids is 2. The number of halogens is 1. The maximum Gasteiger partial charge on any atom is 0.214 e. The van der Waals surface area contributed by atoms with Crippen LogP contribution in [0.2, 0.25) is 0 Å². The molecule has 1 aromatic carbocycles. The molecule has 0 saturated carbocycles. The zero-order chi connectivity index (χ0) is 25.4. The van der Waals surface area contributed by atoms with Gasteiger partial charge < -0.3 is 20.3 Å². The fourth-order valence-electron chi connectivity index (χ4n) is 5.12. The lowest BCUT2D eigenvalue weighted by molar-refractivity contribution is 0.0218. The summed E-state index contributed by atoms with van der Waals surface area (Å²) < 4.78 is 20.9. The summed E-state index contributed by atoms with van der Waals surface area (Å²) >= 11 is 0. The fourth-order valence-corrected chi connectivity index (χ4v) is 5.12. The van der Waals surface area contributed by atoms with Gasteiger partial charge in [0.05, 0.1) is 23.4 Å². The molecule has 190 valence electrons. The molecule has 3 aliphatic rings. The summed E-state index contributed by atoms with van der Waals surface area (Å²) in [5.41, 5.74) is 3.02. The van der Waals surface area contributed by atoms with E-state index >= 15 is 4.39 Å². The number of ether oxygens (including phenoxy) is 1. The van der Waals surface area contributed by atoms with E-state index in [4.69, 9.17) is 9.72 Å². The van der Waals surface area contributed by atoms with E-state index in [1.165, 1.54) is 6.07 Å². The van der Waals surface area contributed by atoms with Gasteiger partial charge in [-0.2, -0.15) is 0 Å². The van der Waals surface area contributed by atoms with E-state index in [1.54, 1.807) is 30.5 Å². The third-order valence-corrected chi connectivity index (χ3v) is 7.03. The number of fused-ring (bicyclic) bond motifs is 2. The quantitative estimate of drug-likeness (QED) is 0.507. The third kappa shape index (κ3) is 4.63. The van der Waals surface area contributed by atoms with Gasteiger partial charge in [0.15, 0.2) is 11.6 Å². The third-order valence-electron chi connectivity index (χ3n) is 7.03. The van der Waals surface area contributed by atoms with Crippen molar-refractivity contribution in [1.82, 2.24) is 25.6 Å². The van der Waals surface area contributed by atoms with Crippen LogP contribution < -0.4 is 15.5 Å². The first-order valence-corrected chi connectivity index (χ1v) is 12.6. The van der Waals surface area contributed by atoms with Crippen LogP contribution in [0.3, 0.4) is 0 Å². The van der Waals surface area contributed by atoms with Gasteiger partial charge in [0.1, 0.15) is 23.4 Å². The molecule has 1 fully saturated rings. The highest BCUT2D eigenvalue weighted by Crippen LogP contribution is 2.28. The number of hydrogen-bond donors (Lipinski definition) is 2. The van der Waals surface area contributed by atoms with E-state index in [1.807, 2.05) is 4.90 Å². The van der Waals surface area contributed by atoms with Crippen molar-refractivity contribution in [3.05, 3.63) is 81.8 Å². The summed E-state index contributed by atoms with van der Waals surface area (Å²) in [5.74, 6) is 0.0453. The van der Waals surface area contributed by atoms with E-state index in [9.17, 15) is 9.59 Å². The molecule has 10 heteroatoms. The van der Waals surface area contributed by atoms with E-state index in [0.29, 0.717) is 68.4 Å². The highest BCUT2D eigenvalue weighted by molar-refractivity contribution is 6.09. The molecular formula is C27H27FN6O3. The van der Waals surface area contributed by atoms with Crippen molar-refractivity contribution in [2.24, 2.45) is 0 Å². The van der Waals surface area contributed by atoms with Crippen LogP contribution in [0.5, 0.6) is 0 Å². The Morgan fingerprint density at radius 2 is 2.08 bits per heavy atom. The number of benzene rings is 1. The SMILES string of the molecule is O=C1CCN(Cc2ccc(F)c(C(=O)c3nc(C4CNCCO4)nc4c3CNCC4)c2)c2ncccc21. The molecule has 5 heterocycles. The van der Waals surface area contributed by atoms with Crippen molar-refractivity contribution in [2.75, 3.05) is 37.7 Å². The minimum atomic E-state index is -0.602. The zero-order valence-electron chi connectivity index (χ0n) is 20.3. The number of hydrogen-bond acceptors (Lipinski definition) is 9. The number of Topliss-reactive ketones (excluding diaryl/α,β-unsaturated/α-hetero) is 1. The predicted octanol–water partition coefficient (Wildman–Crippen LogP) is 2.14. The van der Waals surface area contributed by atoms with Crippen LogP contribution in [0.1, 0.15) is 61.6 Å². The van der Waals surface area contributed by atoms with Crippen molar-refractivity contribution in [2.45, 2.75) is 32.0 Å². The van der Waals surface area contributed by atoms with Crippen LogP contribution >= 0.6 is 0 Å². The first kappa shape index (κ1) is 23.8. The summed E-state index contributed by atoms with van der Waals surface area (Å²) in [6.07, 6.45) is 2.34. The number of nitrogens with zero attached hydrogens (tertiary/aromatic N) is 4. The largest absolute Gasteiger partial charge is 0.368 e. The molecule has 0 spiro atoms. The summed E-state index contributed by atoms with van der Waals surface area (Å²) in [6, 6.07) is 8.08. The Bertz CT molecular complexity index is 1370. The molecule has 1 saturated heterocycles. The van der Waals surface area contributed by atoms with Crippen LogP contribution in [0, 0.1) is 5.82 Å². The summed E-state index contributed by atoms with van der Waals surface area (Å²) in [7, 11) is 0. The Morgan fingerprint density at radius 3 is 2.95 bits per heavy atom. The lowest BCUT2D eigenvalue weighted by atomic mass is 9.97. The average molecular weight is 503 g/mol. The molecule has 0 radical (unpaired) electrons. The van der Waals surface area contributed by atoms with Gasteiger partial charge in [0.25, 0.3) is 0 Å². The Balaban J connectivity index is 1.34. The van der Waals surface area contributed by atoms with Crippen molar-refractivity contribution in [1.29, 1.82) is 0 Å². The Morgan fingerprint density at radius 1 is 1.16 bits per heavy atom. The van der Waals surface area contributed by atoms with Gasteiger partial charge in [-0.05, 0) is 29.8 Å². The van der Waals surface area contributed by atoms with E-state index in [2.05, 4.69) is 20.6 Å². The maximum atomic E-state index is 15.1. The number of rotatable bonds is 5. The van der Waals surface area contributed by atoms with Crippen molar-refractivity contribution < 1.29 is 18.7 Å². The fraction of sp³-hybridized carbons (Fsp3) is 0.370. The van der Waals surface area contributed by atoms with Crippen molar-refractivity contribution in [3.8, 4) is 0 Å². The number of morpholine rings is 1. The molecule has 6 rings (SSSR count). The van der Waals surface area contributed by atoms with E-state index < -0.39 is 11.6 Å². The van der Waals surface area contributed by atoms with Crippen molar-refractivity contribution in [3.63, 3.8) is 0 Å².